The summed E-state index contributed by atoms with van der Waals surface area (Å²) in [5.74, 6) is 1.68. The van der Waals surface area contributed by atoms with Gasteiger partial charge in [-0.1, -0.05) is 33.3 Å². The molecule has 1 fully saturated rings. The summed E-state index contributed by atoms with van der Waals surface area (Å²) in [5, 5.41) is 0. The third-order valence-electron chi connectivity index (χ3n) is 3.56. The van der Waals surface area contributed by atoms with Gasteiger partial charge < -0.3 is 4.74 Å². The van der Waals surface area contributed by atoms with Crippen LogP contribution in [0.4, 0.5) is 0 Å². The number of carbonyl (C=O) groups excluding carboxylic acids is 1. The Hall–Kier alpha value is -0.790. The van der Waals surface area contributed by atoms with E-state index in [9.17, 15) is 4.79 Å². The summed E-state index contributed by atoms with van der Waals surface area (Å²) in [4.78, 5) is 11.5. The van der Waals surface area contributed by atoms with Gasteiger partial charge in [0.15, 0.2) is 0 Å². The van der Waals surface area contributed by atoms with Crippen molar-refractivity contribution in [2.75, 3.05) is 0 Å². The Labute approximate surface area is 99.1 Å². The number of esters is 1. The van der Waals surface area contributed by atoms with Gasteiger partial charge in [-0.15, -0.1) is 6.58 Å². The molecule has 0 heterocycles. The molecule has 0 amide bonds. The van der Waals surface area contributed by atoms with Crippen molar-refractivity contribution in [2.24, 2.45) is 17.8 Å². The first-order valence-corrected chi connectivity index (χ1v) is 6.35. The van der Waals surface area contributed by atoms with Gasteiger partial charge in [0.25, 0.3) is 0 Å². The van der Waals surface area contributed by atoms with Gasteiger partial charge in [0.2, 0.25) is 0 Å². The van der Waals surface area contributed by atoms with Crippen molar-refractivity contribution in [3.05, 3.63) is 12.7 Å². The zero-order valence-electron chi connectivity index (χ0n) is 10.7. The van der Waals surface area contributed by atoms with Gasteiger partial charge in [-0.25, -0.2) is 0 Å². The molecule has 0 bridgehead atoms. The minimum atomic E-state index is -0.125. The lowest BCUT2D eigenvalue weighted by atomic mass is 9.75. The molecule has 2 nitrogen and oxygen atoms in total. The molecule has 3 atom stereocenters. The maximum atomic E-state index is 11.5. The van der Waals surface area contributed by atoms with Gasteiger partial charge in [0.05, 0.1) is 6.42 Å². The van der Waals surface area contributed by atoms with E-state index in [1.165, 1.54) is 12.8 Å². The van der Waals surface area contributed by atoms with E-state index in [-0.39, 0.29) is 12.1 Å². The lowest BCUT2D eigenvalue weighted by Gasteiger charge is -2.36. The SMILES string of the molecule is C=CCC(=O)O[C@H]1C[C@@H](C)CC[C@@H]1C(C)C. The van der Waals surface area contributed by atoms with Gasteiger partial charge in [-0.2, -0.15) is 0 Å². The minimum absolute atomic E-state index is 0.121. The van der Waals surface area contributed by atoms with E-state index in [0.717, 1.165) is 6.42 Å². The molecule has 1 saturated carbocycles. The Bertz CT molecular complexity index is 245. The van der Waals surface area contributed by atoms with Crippen molar-refractivity contribution in [3.8, 4) is 0 Å². The van der Waals surface area contributed by atoms with Crippen LogP contribution in [0.5, 0.6) is 0 Å². The summed E-state index contributed by atoms with van der Waals surface area (Å²) in [5.41, 5.74) is 0. The van der Waals surface area contributed by atoms with Crippen molar-refractivity contribution in [1.82, 2.24) is 0 Å². The maximum absolute atomic E-state index is 11.5. The highest BCUT2D eigenvalue weighted by atomic mass is 16.5. The summed E-state index contributed by atoms with van der Waals surface area (Å²) in [6.07, 6.45) is 5.53. The van der Waals surface area contributed by atoms with Crippen LogP contribution in [0.2, 0.25) is 0 Å². The molecule has 1 aliphatic carbocycles. The molecule has 0 aromatic heterocycles. The minimum Gasteiger partial charge on any atom is -0.462 e. The molecule has 0 aliphatic heterocycles. The van der Waals surface area contributed by atoms with Gasteiger partial charge in [0, 0.05) is 0 Å². The van der Waals surface area contributed by atoms with Crippen molar-refractivity contribution in [2.45, 2.75) is 52.6 Å². The van der Waals surface area contributed by atoms with E-state index in [4.69, 9.17) is 4.74 Å². The van der Waals surface area contributed by atoms with Crippen LogP contribution < -0.4 is 0 Å². The van der Waals surface area contributed by atoms with E-state index in [0.29, 0.717) is 24.2 Å². The average molecular weight is 224 g/mol. The summed E-state index contributed by atoms with van der Waals surface area (Å²) in [6.45, 7) is 10.2. The molecule has 1 aliphatic rings. The van der Waals surface area contributed by atoms with Crippen molar-refractivity contribution >= 4 is 5.97 Å². The molecule has 0 aromatic carbocycles. The van der Waals surface area contributed by atoms with Gasteiger partial charge in [-0.05, 0) is 30.6 Å². The van der Waals surface area contributed by atoms with Crippen LogP contribution in [0.1, 0.15) is 46.5 Å². The first-order chi connectivity index (χ1) is 7.54. The normalized spacial score (nSPS) is 30.1. The molecular weight excluding hydrogens is 200 g/mol. The molecule has 2 heteroatoms. The fraction of sp³-hybridized carbons (Fsp3) is 0.786. The zero-order chi connectivity index (χ0) is 12.1. The Morgan fingerprint density at radius 1 is 1.50 bits per heavy atom. The second-order valence-electron chi connectivity index (χ2n) is 5.35. The Morgan fingerprint density at radius 3 is 2.75 bits per heavy atom. The summed E-state index contributed by atoms with van der Waals surface area (Å²) < 4.78 is 5.57. The molecule has 92 valence electrons. The predicted molar refractivity (Wildman–Crippen MR) is 66.0 cm³/mol. The van der Waals surface area contributed by atoms with Crippen LogP contribution in [0, 0.1) is 17.8 Å². The molecule has 0 N–H and O–H groups in total. The van der Waals surface area contributed by atoms with E-state index in [2.05, 4.69) is 27.4 Å². The molecule has 16 heavy (non-hydrogen) atoms. The lowest BCUT2D eigenvalue weighted by Crippen LogP contribution is -2.35. The van der Waals surface area contributed by atoms with Crippen molar-refractivity contribution < 1.29 is 9.53 Å². The topological polar surface area (TPSA) is 26.3 Å². The largest absolute Gasteiger partial charge is 0.462 e. The smallest absolute Gasteiger partial charge is 0.309 e. The van der Waals surface area contributed by atoms with E-state index >= 15 is 0 Å². The maximum Gasteiger partial charge on any atom is 0.309 e. The van der Waals surface area contributed by atoms with Crippen LogP contribution in [0.25, 0.3) is 0 Å². The third-order valence-corrected chi connectivity index (χ3v) is 3.56. The van der Waals surface area contributed by atoms with E-state index < -0.39 is 0 Å². The molecule has 0 spiro atoms. The number of carbonyl (C=O) groups is 1. The summed E-state index contributed by atoms with van der Waals surface area (Å²) in [7, 11) is 0. The summed E-state index contributed by atoms with van der Waals surface area (Å²) in [6, 6.07) is 0. The quantitative estimate of drug-likeness (QED) is 0.539. The number of hydrogen-bond donors (Lipinski definition) is 0. The number of rotatable bonds is 4. The van der Waals surface area contributed by atoms with Crippen LogP contribution in [0.15, 0.2) is 12.7 Å². The fourth-order valence-electron chi connectivity index (χ4n) is 2.59. The Morgan fingerprint density at radius 2 is 2.19 bits per heavy atom. The molecule has 0 saturated heterocycles. The molecular formula is C14H24O2. The first kappa shape index (κ1) is 13.3. The molecule has 0 aromatic rings. The van der Waals surface area contributed by atoms with E-state index in [1.54, 1.807) is 6.08 Å². The Kier molecular flexibility index (Phi) is 5.04. The van der Waals surface area contributed by atoms with Crippen molar-refractivity contribution in [1.29, 1.82) is 0 Å². The van der Waals surface area contributed by atoms with Crippen LogP contribution in [-0.2, 0) is 9.53 Å². The van der Waals surface area contributed by atoms with Crippen LogP contribution >= 0.6 is 0 Å². The Balaban J connectivity index is 2.57. The van der Waals surface area contributed by atoms with Crippen molar-refractivity contribution in [3.63, 3.8) is 0 Å². The second-order valence-corrected chi connectivity index (χ2v) is 5.35. The molecule has 0 unspecified atom stereocenters. The second kappa shape index (κ2) is 6.07. The average Bonchev–Trinajstić information content (AvgIpc) is 2.17. The lowest BCUT2D eigenvalue weighted by molar-refractivity contribution is -0.154. The fourth-order valence-corrected chi connectivity index (χ4v) is 2.59. The predicted octanol–water partition coefficient (Wildman–Crippen LogP) is 3.57. The van der Waals surface area contributed by atoms with Crippen LogP contribution in [0.3, 0.4) is 0 Å². The van der Waals surface area contributed by atoms with Gasteiger partial charge in [-0.3, -0.25) is 4.79 Å². The van der Waals surface area contributed by atoms with Gasteiger partial charge in [0.1, 0.15) is 6.10 Å². The third kappa shape index (κ3) is 3.66. The highest BCUT2D eigenvalue weighted by Gasteiger charge is 2.32. The highest BCUT2D eigenvalue weighted by Crippen LogP contribution is 2.35. The molecule has 1 rings (SSSR count). The van der Waals surface area contributed by atoms with Gasteiger partial charge >= 0.3 is 5.97 Å². The molecule has 0 radical (unpaired) electrons. The number of hydrogen-bond acceptors (Lipinski definition) is 2. The first-order valence-electron chi connectivity index (χ1n) is 6.35. The standard InChI is InChI=1S/C14H24O2/c1-5-6-14(15)16-13-9-11(4)7-8-12(13)10(2)3/h5,10-13H,1,6-9H2,2-4H3/t11-,12+,13-/m0/s1. The number of ether oxygens (including phenoxy) is 1. The highest BCUT2D eigenvalue weighted by molar-refractivity contribution is 5.71. The van der Waals surface area contributed by atoms with Crippen LogP contribution in [-0.4, -0.2) is 12.1 Å². The van der Waals surface area contributed by atoms with E-state index in [1.807, 2.05) is 0 Å². The zero-order valence-corrected chi connectivity index (χ0v) is 10.7. The monoisotopic (exact) mass is 224 g/mol. The summed E-state index contributed by atoms with van der Waals surface area (Å²) >= 11 is 0.